The highest BCUT2D eigenvalue weighted by Gasteiger charge is 2.28. The summed E-state index contributed by atoms with van der Waals surface area (Å²) in [5.41, 5.74) is 12.7. The molecule has 140 valence electrons. The van der Waals surface area contributed by atoms with Crippen LogP contribution in [0.15, 0.2) is 6.33 Å². The van der Waals surface area contributed by atoms with Crippen LogP contribution in [-0.2, 0) is 24.9 Å². The molecule has 4 N–H and O–H groups in total. The van der Waals surface area contributed by atoms with E-state index in [1.807, 2.05) is 0 Å². The number of imidazole rings is 1. The van der Waals surface area contributed by atoms with Crippen LogP contribution in [0.4, 0.5) is 11.6 Å². The van der Waals surface area contributed by atoms with Crippen molar-refractivity contribution in [3.8, 4) is 0 Å². The minimum atomic E-state index is -3.32. The summed E-state index contributed by atoms with van der Waals surface area (Å²) < 4.78 is 30.8. The van der Waals surface area contributed by atoms with Gasteiger partial charge in [-0.05, 0) is 27.7 Å². The fraction of sp³-hybridized carbons (Fsp3) is 0.643. The van der Waals surface area contributed by atoms with E-state index < -0.39 is 7.60 Å². The highest BCUT2D eigenvalue weighted by molar-refractivity contribution is 7.53. The molecule has 0 radical (unpaired) electrons. The number of nitrogens with zero attached hydrogens (tertiary/aromatic N) is 4. The number of nitrogen functional groups attached to an aromatic ring is 2. The van der Waals surface area contributed by atoms with Crippen molar-refractivity contribution < 1.29 is 18.3 Å². The average molecular weight is 372 g/mol. The Morgan fingerprint density at radius 1 is 1.12 bits per heavy atom. The molecule has 0 spiro atoms. The fourth-order valence-corrected chi connectivity index (χ4v) is 4.09. The summed E-state index contributed by atoms with van der Waals surface area (Å²) in [4.78, 5) is 4.18. The van der Waals surface area contributed by atoms with E-state index in [0.717, 1.165) is 0 Å². The lowest BCUT2D eigenvalue weighted by molar-refractivity contribution is 0.0961. The minimum Gasteiger partial charge on any atom is -0.380 e. The predicted molar refractivity (Wildman–Crippen MR) is 95.0 cm³/mol. The second-order valence-corrected chi connectivity index (χ2v) is 7.96. The van der Waals surface area contributed by atoms with Crippen molar-refractivity contribution in [2.45, 2.75) is 46.4 Å². The van der Waals surface area contributed by atoms with Gasteiger partial charge in [-0.25, -0.2) is 4.98 Å². The summed E-state index contributed by atoms with van der Waals surface area (Å²) in [7, 11) is -3.32. The zero-order valence-corrected chi connectivity index (χ0v) is 15.8. The van der Waals surface area contributed by atoms with E-state index in [9.17, 15) is 4.57 Å². The summed E-state index contributed by atoms with van der Waals surface area (Å²) >= 11 is 0. The number of anilines is 2. The van der Waals surface area contributed by atoms with Gasteiger partial charge in [-0.3, -0.25) is 4.57 Å². The van der Waals surface area contributed by atoms with Gasteiger partial charge in [0.2, 0.25) is 0 Å². The Balaban J connectivity index is 1.98. The van der Waals surface area contributed by atoms with Crippen molar-refractivity contribution in [2.75, 3.05) is 24.4 Å². The van der Waals surface area contributed by atoms with Crippen LogP contribution in [0.5, 0.6) is 0 Å². The zero-order valence-electron chi connectivity index (χ0n) is 14.9. The lowest BCUT2D eigenvalue weighted by atomic mass is 10.4. The molecule has 0 unspecified atom stereocenters. The number of hydrogen-bond donors (Lipinski definition) is 2. The molecule has 10 nitrogen and oxygen atoms in total. The number of nitrogens with two attached hydrogens (primary N) is 2. The number of ether oxygens (including phenoxy) is 1. The van der Waals surface area contributed by atoms with Crippen molar-refractivity contribution in [1.82, 2.24) is 19.7 Å². The second kappa shape index (κ2) is 8.09. The third kappa shape index (κ3) is 5.12. The standard InChI is InChI=1S/C14H25N6O4P/c1-9(2)23-25(21,24-10(3)4)8-22-6-5-20-7-17-11-12(20)14(16)19-18-13(11)15/h7,9-10H,5-6,8H2,1-4H3,(H2,15,18)(H2,16,19). The maximum atomic E-state index is 12.7. The van der Waals surface area contributed by atoms with Crippen molar-refractivity contribution >= 4 is 30.3 Å². The van der Waals surface area contributed by atoms with Gasteiger partial charge in [-0.15, -0.1) is 10.2 Å². The van der Waals surface area contributed by atoms with Crippen molar-refractivity contribution in [3.63, 3.8) is 0 Å². The Kier molecular flexibility index (Phi) is 6.34. The molecule has 25 heavy (non-hydrogen) atoms. The molecule has 0 aromatic carbocycles. The van der Waals surface area contributed by atoms with Crippen LogP contribution in [0, 0.1) is 0 Å². The van der Waals surface area contributed by atoms with Crippen LogP contribution in [0.2, 0.25) is 0 Å². The topological polar surface area (TPSA) is 140 Å². The van der Waals surface area contributed by atoms with E-state index in [4.69, 9.17) is 25.3 Å². The molecule has 2 aromatic heterocycles. The van der Waals surface area contributed by atoms with E-state index in [2.05, 4.69) is 15.2 Å². The van der Waals surface area contributed by atoms with Crippen LogP contribution in [0.3, 0.4) is 0 Å². The van der Waals surface area contributed by atoms with Crippen molar-refractivity contribution in [1.29, 1.82) is 0 Å². The molecular formula is C14H25N6O4P. The number of rotatable bonds is 9. The molecule has 0 aliphatic rings. The smallest absolute Gasteiger partial charge is 0.356 e. The van der Waals surface area contributed by atoms with Gasteiger partial charge in [0, 0.05) is 6.54 Å². The number of aromatic nitrogens is 4. The quantitative estimate of drug-likeness (QED) is 0.499. The molecule has 2 heterocycles. The van der Waals surface area contributed by atoms with Gasteiger partial charge in [0.15, 0.2) is 11.6 Å². The molecule has 2 aromatic rings. The Morgan fingerprint density at radius 3 is 2.32 bits per heavy atom. The Hall–Kier alpha value is -1.74. The normalized spacial score (nSPS) is 12.6. The molecule has 0 aliphatic heterocycles. The molecule has 2 rings (SSSR count). The summed E-state index contributed by atoms with van der Waals surface area (Å²) in [5.74, 6) is 0.447. The summed E-state index contributed by atoms with van der Waals surface area (Å²) in [6.07, 6.45) is 0.992. The van der Waals surface area contributed by atoms with E-state index in [1.54, 1.807) is 38.6 Å². The van der Waals surface area contributed by atoms with Gasteiger partial charge in [-0.1, -0.05) is 0 Å². The Labute approximate surface area is 146 Å². The van der Waals surface area contributed by atoms with Gasteiger partial charge < -0.3 is 29.8 Å². The first-order valence-electron chi connectivity index (χ1n) is 7.98. The van der Waals surface area contributed by atoms with Gasteiger partial charge >= 0.3 is 7.60 Å². The minimum absolute atomic E-state index is 0.132. The van der Waals surface area contributed by atoms with Gasteiger partial charge in [0.05, 0.1) is 25.1 Å². The molecule has 0 saturated heterocycles. The van der Waals surface area contributed by atoms with E-state index in [-0.39, 0.29) is 36.8 Å². The van der Waals surface area contributed by atoms with Gasteiger partial charge in [-0.2, -0.15) is 0 Å². The molecule has 0 fully saturated rings. The first-order chi connectivity index (χ1) is 11.7. The van der Waals surface area contributed by atoms with Crippen LogP contribution >= 0.6 is 7.60 Å². The van der Waals surface area contributed by atoms with Crippen LogP contribution in [-0.4, -0.2) is 44.9 Å². The largest absolute Gasteiger partial charge is 0.380 e. The molecule has 0 aliphatic carbocycles. The fourth-order valence-electron chi connectivity index (χ4n) is 2.28. The SMILES string of the molecule is CC(C)OP(=O)(COCCn1cnc2c(N)nnc(N)c21)OC(C)C. The van der Waals surface area contributed by atoms with Crippen molar-refractivity contribution in [2.24, 2.45) is 0 Å². The van der Waals surface area contributed by atoms with Crippen LogP contribution < -0.4 is 11.5 Å². The predicted octanol–water partition coefficient (Wildman–Crippen LogP) is 2.01. The number of fused-ring (bicyclic) bond motifs is 1. The van der Waals surface area contributed by atoms with Gasteiger partial charge in [0.25, 0.3) is 0 Å². The molecule has 0 atom stereocenters. The molecule has 11 heteroatoms. The first kappa shape index (κ1) is 19.6. The number of hydrogen-bond acceptors (Lipinski definition) is 9. The first-order valence-corrected chi connectivity index (χ1v) is 9.70. The Morgan fingerprint density at radius 2 is 1.72 bits per heavy atom. The second-order valence-electron chi connectivity index (χ2n) is 6.06. The zero-order chi connectivity index (χ0) is 18.6. The third-order valence-corrected chi connectivity index (χ3v) is 5.04. The highest BCUT2D eigenvalue weighted by atomic mass is 31.2. The average Bonchev–Trinajstić information content (AvgIpc) is 2.91. The van der Waals surface area contributed by atoms with E-state index in [1.165, 1.54) is 0 Å². The monoisotopic (exact) mass is 372 g/mol. The lowest BCUT2D eigenvalue weighted by Gasteiger charge is -2.22. The Bertz CT molecular complexity index is 749. The maximum absolute atomic E-state index is 12.7. The summed E-state index contributed by atoms with van der Waals surface area (Å²) in [6, 6.07) is 0. The van der Waals surface area contributed by atoms with Crippen LogP contribution in [0.25, 0.3) is 11.0 Å². The van der Waals surface area contributed by atoms with E-state index in [0.29, 0.717) is 17.6 Å². The summed E-state index contributed by atoms with van der Waals surface area (Å²) in [5, 5.41) is 7.52. The van der Waals surface area contributed by atoms with Crippen LogP contribution in [0.1, 0.15) is 27.7 Å². The summed E-state index contributed by atoms with van der Waals surface area (Å²) in [6.45, 7) is 7.87. The molecular weight excluding hydrogens is 347 g/mol. The maximum Gasteiger partial charge on any atom is 0.356 e. The third-order valence-electron chi connectivity index (χ3n) is 3.06. The molecule has 0 saturated carbocycles. The molecule has 0 amide bonds. The van der Waals surface area contributed by atoms with Crippen molar-refractivity contribution in [3.05, 3.63) is 6.33 Å². The highest BCUT2D eigenvalue weighted by Crippen LogP contribution is 2.50. The molecule has 0 bridgehead atoms. The lowest BCUT2D eigenvalue weighted by Crippen LogP contribution is -2.13. The van der Waals surface area contributed by atoms with E-state index >= 15 is 0 Å². The van der Waals surface area contributed by atoms with Gasteiger partial charge in [0.1, 0.15) is 17.4 Å².